The van der Waals surface area contributed by atoms with Gasteiger partial charge in [0, 0.05) is 0 Å². The van der Waals surface area contributed by atoms with E-state index in [9.17, 15) is 22.7 Å². The van der Waals surface area contributed by atoms with Crippen LogP contribution in [-0.2, 0) is 11.8 Å². The quantitative estimate of drug-likeness (QED) is 0.857. The van der Waals surface area contributed by atoms with Crippen molar-refractivity contribution in [3.63, 3.8) is 0 Å². The Morgan fingerprint density at radius 2 is 1.70 bits per heavy atom. The van der Waals surface area contributed by atoms with Crippen LogP contribution in [0.3, 0.4) is 0 Å². The molecule has 0 fully saturated rings. The maximum Gasteiger partial charge on any atom is 0.416 e. The lowest BCUT2D eigenvalue weighted by atomic mass is 9.91. The van der Waals surface area contributed by atoms with Crippen LogP contribution in [0.1, 0.15) is 23.7 Å². The molecule has 2 nitrogen and oxygen atoms in total. The van der Waals surface area contributed by atoms with Gasteiger partial charge < -0.3 is 5.11 Å². The molecule has 1 unspecified atom stereocenters. The third-order valence-corrected chi connectivity index (χ3v) is 2.98. The standard InChI is InChI=1S/C14H11F4NO/c1-13(20,12-6-5-11(15)8-19-12)9-3-2-4-10(7-9)14(16,17)18/h2-8,20H,1H3. The number of hydrogen-bond donors (Lipinski definition) is 1. The molecule has 1 atom stereocenters. The number of alkyl halides is 3. The Kier molecular flexibility index (Phi) is 3.52. The molecule has 0 spiro atoms. The first kappa shape index (κ1) is 14.5. The summed E-state index contributed by atoms with van der Waals surface area (Å²) in [6, 6.07) is 6.65. The van der Waals surface area contributed by atoms with Crippen LogP contribution in [0, 0.1) is 5.82 Å². The van der Waals surface area contributed by atoms with Crippen LogP contribution >= 0.6 is 0 Å². The van der Waals surface area contributed by atoms with E-state index < -0.39 is 23.2 Å². The highest BCUT2D eigenvalue weighted by Gasteiger charge is 2.33. The van der Waals surface area contributed by atoms with Gasteiger partial charge in [-0.2, -0.15) is 13.2 Å². The van der Waals surface area contributed by atoms with Crippen molar-refractivity contribution in [1.82, 2.24) is 4.98 Å². The highest BCUT2D eigenvalue weighted by molar-refractivity contribution is 5.35. The summed E-state index contributed by atoms with van der Waals surface area (Å²) in [5.41, 5.74) is -2.50. The smallest absolute Gasteiger partial charge is 0.379 e. The lowest BCUT2D eigenvalue weighted by molar-refractivity contribution is -0.137. The Balaban J connectivity index is 2.46. The van der Waals surface area contributed by atoms with Gasteiger partial charge in [0.25, 0.3) is 0 Å². The minimum absolute atomic E-state index is 0.0337. The fourth-order valence-corrected chi connectivity index (χ4v) is 1.81. The molecule has 0 saturated heterocycles. The largest absolute Gasteiger partial charge is 0.416 e. The third-order valence-electron chi connectivity index (χ3n) is 2.98. The average molecular weight is 285 g/mol. The van der Waals surface area contributed by atoms with Crippen molar-refractivity contribution < 1.29 is 22.7 Å². The zero-order chi connectivity index (χ0) is 15.0. The molecule has 1 heterocycles. The molecule has 2 aromatic rings. The maximum absolute atomic E-state index is 12.8. The lowest BCUT2D eigenvalue weighted by Crippen LogP contribution is -2.25. The number of benzene rings is 1. The summed E-state index contributed by atoms with van der Waals surface area (Å²) in [6.07, 6.45) is -3.60. The molecular weight excluding hydrogens is 274 g/mol. The second-order valence-corrected chi connectivity index (χ2v) is 4.51. The molecule has 20 heavy (non-hydrogen) atoms. The molecule has 1 aromatic heterocycles. The van der Waals surface area contributed by atoms with Gasteiger partial charge in [-0.05, 0) is 36.8 Å². The van der Waals surface area contributed by atoms with Crippen LogP contribution in [0.15, 0.2) is 42.6 Å². The first-order valence-corrected chi connectivity index (χ1v) is 5.73. The van der Waals surface area contributed by atoms with E-state index in [1.807, 2.05) is 0 Å². The Labute approximate surface area is 112 Å². The first-order chi connectivity index (χ1) is 9.21. The summed E-state index contributed by atoms with van der Waals surface area (Å²) in [6.45, 7) is 1.31. The maximum atomic E-state index is 12.8. The Morgan fingerprint density at radius 3 is 2.25 bits per heavy atom. The SMILES string of the molecule is CC(O)(c1cccc(C(F)(F)F)c1)c1ccc(F)cn1. The van der Waals surface area contributed by atoms with Crippen molar-refractivity contribution in [3.05, 3.63) is 65.2 Å². The van der Waals surface area contributed by atoms with Crippen LogP contribution in [0.5, 0.6) is 0 Å². The van der Waals surface area contributed by atoms with E-state index in [1.54, 1.807) is 0 Å². The molecule has 0 saturated carbocycles. The summed E-state index contributed by atoms with van der Waals surface area (Å²) >= 11 is 0. The third kappa shape index (κ3) is 2.80. The van der Waals surface area contributed by atoms with Gasteiger partial charge in [-0.3, -0.25) is 4.98 Å². The number of hydrogen-bond acceptors (Lipinski definition) is 2. The van der Waals surface area contributed by atoms with E-state index >= 15 is 0 Å². The molecule has 0 amide bonds. The Hall–Kier alpha value is -1.95. The fourth-order valence-electron chi connectivity index (χ4n) is 1.81. The molecule has 106 valence electrons. The van der Waals surface area contributed by atoms with Gasteiger partial charge in [0.15, 0.2) is 0 Å². The summed E-state index contributed by atoms with van der Waals surface area (Å²) in [7, 11) is 0. The molecule has 0 bridgehead atoms. The minimum Gasteiger partial charge on any atom is -0.379 e. The highest BCUT2D eigenvalue weighted by atomic mass is 19.4. The number of pyridine rings is 1. The van der Waals surface area contributed by atoms with Gasteiger partial charge in [-0.1, -0.05) is 12.1 Å². The molecule has 0 aliphatic carbocycles. The lowest BCUT2D eigenvalue weighted by Gasteiger charge is -2.24. The predicted molar refractivity (Wildman–Crippen MR) is 64.3 cm³/mol. The number of rotatable bonds is 2. The van der Waals surface area contributed by atoms with Crippen molar-refractivity contribution >= 4 is 0 Å². The summed E-state index contributed by atoms with van der Waals surface area (Å²) < 4.78 is 50.8. The molecular formula is C14H11F4NO. The highest BCUT2D eigenvalue weighted by Crippen LogP contribution is 2.34. The predicted octanol–water partition coefficient (Wildman–Crippen LogP) is 3.50. The van der Waals surface area contributed by atoms with Crippen LogP contribution in [-0.4, -0.2) is 10.1 Å². The molecule has 0 radical (unpaired) electrons. The van der Waals surface area contributed by atoms with Gasteiger partial charge in [-0.15, -0.1) is 0 Å². The van der Waals surface area contributed by atoms with E-state index in [4.69, 9.17) is 0 Å². The second kappa shape index (κ2) is 4.86. The molecule has 1 aromatic carbocycles. The molecule has 1 N–H and O–H groups in total. The van der Waals surface area contributed by atoms with E-state index in [1.165, 1.54) is 25.1 Å². The summed E-state index contributed by atoms with van der Waals surface area (Å²) in [5.74, 6) is -0.589. The van der Waals surface area contributed by atoms with Gasteiger partial charge >= 0.3 is 6.18 Å². The zero-order valence-electron chi connectivity index (χ0n) is 10.4. The van der Waals surface area contributed by atoms with Gasteiger partial charge in [0.1, 0.15) is 11.4 Å². The van der Waals surface area contributed by atoms with Crippen molar-refractivity contribution in [1.29, 1.82) is 0 Å². The van der Waals surface area contributed by atoms with Gasteiger partial charge in [0.2, 0.25) is 0 Å². The van der Waals surface area contributed by atoms with Crippen molar-refractivity contribution in [2.24, 2.45) is 0 Å². The first-order valence-electron chi connectivity index (χ1n) is 5.73. The normalized spacial score (nSPS) is 14.9. The van der Waals surface area contributed by atoms with Crippen molar-refractivity contribution in [2.45, 2.75) is 18.7 Å². The molecule has 0 aliphatic rings. The second-order valence-electron chi connectivity index (χ2n) is 4.51. The van der Waals surface area contributed by atoms with Crippen LogP contribution < -0.4 is 0 Å². The summed E-state index contributed by atoms with van der Waals surface area (Å²) in [4.78, 5) is 3.71. The topological polar surface area (TPSA) is 33.1 Å². The number of halogens is 4. The van der Waals surface area contributed by atoms with Crippen LogP contribution in [0.4, 0.5) is 17.6 Å². The molecule has 0 aliphatic heterocycles. The van der Waals surface area contributed by atoms with Crippen LogP contribution in [0.25, 0.3) is 0 Å². The zero-order valence-corrected chi connectivity index (χ0v) is 10.4. The number of aliphatic hydroxyl groups is 1. The minimum atomic E-state index is -4.50. The molecule has 2 rings (SSSR count). The monoisotopic (exact) mass is 285 g/mol. The Morgan fingerprint density at radius 1 is 1.05 bits per heavy atom. The number of aromatic nitrogens is 1. The van der Waals surface area contributed by atoms with Crippen molar-refractivity contribution in [3.8, 4) is 0 Å². The van der Waals surface area contributed by atoms with Crippen LogP contribution in [0.2, 0.25) is 0 Å². The van der Waals surface area contributed by atoms with Crippen molar-refractivity contribution in [2.75, 3.05) is 0 Å². The fraction of sp³-hybridized carbons (Fsp3) is 0.214. The van der Waals surface area contributed by atoms with E-state index in [2.05, 4.69) is 4.98 Å². The number of nitrogens with zero attached hydrogens (tertiary/aromatic N) is 1. The Bertz CT molecular complexity index is 605. The average Bonchev–Trinajstić information content (AvgIpc) is 2.38. The molecule has 6 heteroatoms. The van der Waals surface area contributed by atoms with E-state index in [0.29, 0.717) is 0 Å². The summed E-state index contributed by atoms with van der Waals surface area (Å²) in [5, 5.41) is 10.4. The van der Waals surface area contributed by atoms with Gasteiger partial charge in [0.05, 0.1) is 17.5 Å². The van der Waals surface area contributed by atoms with E-state index in [0.717, 1.165) is 24.4 Å². The van der Waals surface area contributed by atoms with E-state index in [-0.39, 0.29) is 11.3 Å². The van der Waals surface area contributed by atoms with Gasteiger partial charge in [-0.25, -0.2) is 4.39 Å².